The Morgan fingerprint density at radius 2 is 1.87 bits per heavy atom. The molecular weight excluding hydrogens is 186 g/mol. The maximum atomic E-state index is 5.73. The van der Waals surface area contributed by atoms with E-state index in [4.69, 9.17) is 11.5 Å². The minimum absolute atomic E-state index is 0.302. The van der Waals surface area contributed by atoms with Crippen molar-refractivity contribution in [2.75, 3.05) is 23.3 Å². The molecule has 0 saturated carbocycles. The second-order valence-corrected chi connectivity index (χ2v) is 4.72. The van der Waals surface area contributed by atoms with Crippen molar-refractivity contribution in [2.24, 2.45) is 5.41 Å². The highest BCUT2D eigenvalue weighted by atomic mass is 14.9. The summed E-state index contributed by atoms with van der Waals surface area (Å²) < 4.78 is 0. The van der Waals surface area contributed by atoms with Crippen LogP contribution in [-0.4, -0.2) is 6.54 Å². The molecule has 0 spiro atoms. The van der Waals surface area contributed by atoms with Gasteiger partial charge in [0, 0.05) is 12.2 Å². The monoisotopic (exact) mass is 207 g/mol. The van der Waals surface area contributed by atoms with Crippen LogP contribution in [-0.2, 0) is 0 Å². The van der Waals surface area contributed by atoms with Crippen LogP contribution in [0.1, 0.15) is 27.2 Å². The lowest BCUT2D eigenvalue weighted by molar-refractivity contribution is 0.377. The SMILES string of the molecule is CCC(C)(C)CNc1ccc(N)c(N)c1. The molecule has 3 heteroatoms. The van der Waals surface area contributed by atoms with E-state index in [0.29, 0.717) is 16.8 Å². The lowest BCUT2D eigenvalue weighted by Gasteiger charge is -2.23. The highest BCUT2D eigenvalue weighted by molar-refractivity contribution is 5.69. The van der Waals surface area contributed by atoms with Crippen molar-refractivity contribution in [3.63, 3.8) is 0 Å². The first kappa shape index (κ1) is 11.7. The molecule has 15 heavy (non-hydrogen) atoms. The van der Waals surface area contributed by atoms with Gasteiger partial charge in [-0.2, -0.15) is 0 Å². The van der Waals surface area contributed by atoms with Gasteiger partial charge in [0.1, 0.15) is 0 Å². The topological polar surface area (TPSA) is 64.1 Å². The second-order valence-electron chi connectivity index (χ2n) is 4.72. The Morgan fingerprint density at radius 1 is 1.20 bits per heavy atom. The molecule has 0 radical (unpaired) electrons. The second kappa shape index (κ2) is 4.43. The summed E-state index contributed by atoms with van der Waals surface area (Å²) in [7, 11) is 0. The van der Waals surface area contributed by atoms with Gasteiger partial charge in [0.05, 0.1) is 11.4 Å². The Balaban J connectivity index is 2.62. The first-order chi connectivity index (χ1) is 6.94. The number of nitrogens with two attached hydrogens (primary N) is 2. The van der Waals surface area contributed by atoms with Crippen LogP contribution in [0, 0.1) is 5.41 Å². The van der Waals surface area contributed by atoms with Crippen molar-refractivity contribution >= 4 is 17.1 Å². The maximum absolute atomic E-state index is 5.73. The van der Waals surface area contributed by atoms with E-state index in [2.05, 4.69) is 26.1 Å². The van der Waals surface area contributed by atoms with Crippen molar-refractivity contribution in [3.8, 4) is 0 Å². The number of benzene rings is 1. The third-order valence-electron chi connectivity index (χ3n) is 2.81. The molecule has 0 amide bonds. The predicted octanol–water partition coefficient (Wildman–Crippen LogP) is 2.70. The van der Waals surface area contributed by atoms with E-state index in [1.807, 2.05) is 18.2 Å². The zero-order valence-electron chi connectivity index (χ0n) is 9.80. The van der Waals surface area contributed by atoms with Gasteiger partial charge in [0.15, 0.2) is 0 Å². The third kappa shape index (κ3) is 3.35. The van der Waals surface area contributed by atoms with Crippen LogP contribution in [0.4, 0.5) is 17.1 Å². The standard InChI is InChI=1S/C12H21N3/c1-4-12(2,3)8-15-9-5-6-10(13)11(14)7-9/h5-7,15H,4,8,13-14H2,1-3H3. The molecule has 0 saturated heterocycles. The Hall–Kier alpha value is -1.38. The van der Waals surface area contributed by atoms with Gasteiger partial charge < -0.3 is 16.8 Å². The van der Waals surface area contributed by atoms with Gasteiger partial charge in [-0.3, -0.25) is 0 Å². The number of anilines is 3. The van der Waals surface area contributed by atoms with Crippen LogP contribution in [0.25, 0.3) is 0 Å². The van der Waals surface area contributed by atoms with Gasteiger partial charge in [-0.05, 0) is 30.0 Å². The summed E-state index contributed by atoms with van der Waals surface area (Å²) in [6.45, 7) is 7.60. The molecule has 0 unspecified atom stereocenters. The molecule has 0 aliphatic rings. The molecule has 3 nitrogen and oxygen atoms in total. The Kier molecular flexibility index (Phi) is 3.45. The fourth-order valence-electron chi connectivity index (χ4n) is 1.15. The van der Waals surface area contributed by atoms with Gasteiger partial charge in [-0.15, -0.1) is 0 Å². The van der Waals surface area contributed by atoms with Crippen LogP contribution in [0.15, 0.2) is 18.2 Å². The predicted molar refractivity (Wildman–Crippen MR) is 67.8 cm³/mol. The molecule has 0 bridgehead atoms. The van der Waals surface area contributed by atoms with E-state index in [9.17, 15) is 0 Å². The van der Waals surface area contributed by atoms with Crippen molar-refractivity contribution in [2.45, 2.75) is 27.2 Å². The lowest BCUT2D eigenvalue weighted by atomic mass is 9.90. The molecule has 0 fully saturated rings. The summed E-state index contributed by atoms with van der Waals surface area (Å²) in [6.07, 6.45) is 1.14. The fraction of sp³-hybridized carbons (Fsp3) is 0.500. The van der Waals surface area contributed by atoms with E-state index in [-0.39, 0.29) is 0 Å². The van der Waals surface area contributed by atoms with Gasteiger partial charge >= 0.3 is 0 Å². The normalized spacial score (nSPS) is 11.4. The van der Waals surface area contributed by atoms with Gasteiger partial charge in [-0.25, -0.2) is 0 Å². The average molecular weight is 207 g/mol. The Morgan fingerprint density at radius 3 is 2.40 bits per heavy atom. The van der Waals surface area contributed by atoms with Crippen LogP contribution >= 0.6 is 0 Å². The van der Waals surface area contributed by atoms with Crippen LogP contribution in [0.5, 0.6) is 0 Å². The van der Waals surface area contributed by atoms with Crippen molar-refractivity contribution in [1.82, 2.24) is 0 Å². The van der Waals surface area contributed by atoms with E-state index in [1.165, 1.54) is 0 Å². The third-order valence-corrected chi connectivity index (χ3v) is 2.81. The van der Waals surface area contributed by atoms with Crippen LogP contribution in [0.3, 0.4) is 0 Å². The molecule has 0 aliphatic heterocycles. The summed E-state index contributed by atoms with van der Waals surface area (Å²) in [5.74, 6) is 0. The quantitative estimate of drug-likeness (QED) is 0.665. The molecule has 0 aliphatic carbocycles. The van der Waals surface area contributed by atoms with E-state index in [1.54, 1.807) is 0 Å². The Bertz CT molecular complexity index is 332. The fourth-order valence-corrected chi connectivity index (χ4v) is 1.15. The molecule has 1 aromatic rings. The Labute approximate surface area is 91.9 Å². The summed E-state index contributed by atoms with van der Waals surface area (Å²) in [5.41, 5.74) is 14.0. The zero-order chi connectivity index (χ0) is 11.5. The molecule has 1 aromatic carbocycles. The number of nitrogens with one attached hydrogen (secondary N) is 1. The van der Waals surface area contributed by atoms with Gasteiger partial charge in [0.25, 0.3) is 0 Å². The largest absolute Gasteiger partial charge is 0.397 e. The first-order valence-electron chi connectivity index (χ1n) is 5.33. The van der Waals surface area contributed by atoms with E-state index in [0.717, 1.165) is 18.7 Å². The number of hydrogen-bond donors (Lipinski definition) is 3. The smallest absolute Gasteiger partial charge is 0.0568 e. The van der Waals surface area contributed by atoms with Crippen LogP contribution in [0.2, 0.25) is 0 Å². The molecule has 0 heterocycles. The maximum Gasteiger partial charge on any atom is 0.0568 e. The number of hydrogen-bond acceptors (Lipinski definition) is 3. The molecule has 5 N–H and O–H groups in total. The van der Waals surface area contributed by atoms with Crippen molar-refractivity contribution in [1.29, 1.82) is 0 Å². The van der Waals surface area contributed by atoms with E-state index < -0.39 is 0 Å². The zero-order valence-corrected chi connectivity index (χ0v) is 9.80. The molecule has 84 valence electrons. The molecule has 1 rings (SSSR count). The van der Waals surface area contributed by atoms with Gasteiger partial charge in [-0.1, -0.05) is 20.8 Å². The van der Waals surface area contributed by atoms with Crippen LogP contribution < -0.4 is 16.8 Å². The van der Waals surface area contributed by atoms with Crippen molar-refractivity contribution < 1.29 is 0 Å². The lowest BCUT2D eigenvalue weighted by Crippen LogP contribution is -2.22. The molecular formula is C12H21N3. The summed E-state index contributed by atoms with van der Waals surface area (Å²) in [4.78, 5) is 0. The first-order valence-corrected chi connectivity index (χ1v) is 5.33. The molecule has 0 aromatic heterocycles. The van der Waals surface area contributed by atoms with Gasteiger partial charge in [0.2, 0.25) is 0 Å². The number of rotatable bonds is 4. The highest BCUT2D eigenvalue weighted by Crippen LogP contribution is 2.23. The molecule has 0 atom stereocenters. The van der Waals surface area contributed by atoms with E-state index >= 15 is 0 Å². The van der Waals surface area contributed by atoms with Crippen molar-refractivity contribution in [3.05, 3.63) is 18.2 Å². The summed E-state index contributed by atoms with van der Waals surface area (Å²) >= 11 is 0. The average Bonchev–Trinajstić information content (AvgIpc) is 2.20. The minimum atomic E-state index is 0.302. The highest BCUT2D eigenvalue weighted by Gasteiger charge is 2.14. The summed E-state index contributed by atoms with van der Waals surface area (Å²) in [5, 5.41) is 3.37. The summed E-state index contributed by atoms with van der Waals surface area (Å²) in [6, 6.07) is 5.66. The number of nitrogen functional groups attached to an aromatic ring is 2. The minimum Gasteiger partial charge on any atom is -0.397 e.